The van der Waals surface area contributed by atoms with Crippen LogP contribution >= 0.6 is 11.8 Å². The first-order valence-electron chi connectivity index (χ1n) is 5.04. The van der Waals surface area contributed by atoms with Crippen LogP contribution in [0.5, 0.6) is 0 Å². The zero-order valence-electron chi connectivity index (χ0n) is 9.51. The summed E-state index contributed by atoms with van der Waals surface area (Å²) in [5, 5.41) is 10.3. The Morgan fingerprint density at radius 1 is 1.18 bits per heavy atom. The summed E-state index contributed by atoms with van der Waals surface area (Å²) in [6.45, 7) is 3.79. The van der Waals surface area contributed by atoms with E-state index in [-0.39, 0.29) is 0 Å². The first-order valence-corrected chi connectivity index (χ1v) is 5.85. The Morgan fingerprint density at radius 2 is 1.94 bits per heavy atom. The van der Waals surface area contributed by atoms with E-state index in [9.17, 15) is 0 Å². The fourth-order valence-electron chi connectivity index (χ4n) is 1.31. The van der Waals surface area contributed by atoms with Gasteiger partial charge in [0.2, 0.25) is 0 Å². The van der Waals surface area contributed by atoms with Crippen LogP contribution in [0.15, 0.2) is 34.7 Å². The molecule has 0 fully saturated rings. The highest BCUT2D eigenvalue weighted by Crippen LogP contribution is 2.26. The van der Waals surface area contributed by atoms with Crippen molar-refractivity contribution >= 4 is 11.8 Å². The molecule has 0 aliphatic heterocycles. The Hall–Kier alpha value is -1.93. The van der Waals surface area contributed by atoms with Gasteiger partial charge in [-0.1, -0.05) is 0 Å². The molecule has 0 aromatic carbocycles. The van der Waals surface area contributed by atoms with Crippen LogP contribution in [0.2, 0.25) is 0 Å². The van der Waals surface area contributed by atoms with Gasteiger partial charge in [0, 0.05) is 18.1 Å². The van der Waals surface area contributed by atoms with Crippen LogP contribution in [-0.4, -0.2) is 15.0 Å². The molecule has 2 aromatic heterocycles. The normalized spacial score (nSPS) is 9.94. The fraction of sp³-hybridized carbons (Fsp3) is 0.167. The minimum atomic E-state index is 0.586. The lowest BCUT2D eigenvalue weighted by molar-refractivity contribution is 0.926. The number of pyridine rings is 1. The number of aromatic nitrogens is 3. The van der Waals surface area contributed by atoms with Gasteiger partial charge in [-0.3, -0.25) is 0 Å². The Morgan fingerprint density at radius 3 is 2.65 bits per heavy atom. The van der Waals surface area contributed by atoms with Crippen molar-refractivity contribution in [2.45, 2.75) is 24.0 Å². The third-order valence-electron chi connectivity index (χ3n) is 2.20. The molecular formula is C12H10N4S. The number of hydrogen-bond acceptors (Lipinski definition) is 5. The number of nitrogens with zero attached hydrogens (tertiary/aromatic N) is 4. The summed E-state index contributed by atoms with van der Waals surface area (Å²) in [7, 11) is 0. The van der Waals surface area contributed by atoms with Crippen molar-refractivity contribution in [1.29, 1.82) is 5.26 Å². The summed E-state index contributed by atoms with van der Waals surface area (Å²) in [5.74, 6) is 0. The van der Waals surface area contributed by atoms with E-state index in [1.807, 2.05) is 26.0 Å². The molecule has 0 saturated heterocycles. The Bertz CT molecular complexity index is 589. The van der Waals surface area contributed by atoms with Gasteiger partial charge >= 0.3 is 0 Å². The second kappa shape index (κ2) is 4.93. The van der Waals surface area contributed by atoms with Crippen LogP contribution in [0.25, 0.3) is 0 Å². The molecule has 2 rings (SSSR count). The molecule has 0 atom stereocenters. The summed E-state index contributed by atoms with van der Waals surface area (Å²) in [6, 6.07) is 5.81. The highest BCUT2D eigenvalue weighted by atomic mass is 32.2. The van der Waals surface area contributed by atoms with E-state index in [2.05, 4.69) is 21.0 Å². The van der Waals surface area contributed by atoms with Crippen molar-refractivity contribution < 1.29 is 0 Å². The highest BCUT2D eigenvalue weighted by molar-refractivity contribution is 7.99. The van der Waals surface area contributed by atoms with Crippen LogP contribution in [-0.2, 0) is 0 Å². The van der Waals surface area contributed by atoms with Crippen molar-refractivity contribution in [3.63, 3.8) is 0 Å². The van der Waals surface area contributed by atoms with E-state index in [0.717, 1.165) is 11.3 Å². The zero-order chi connectivity index (χ0) is 12.3. The number of nitriles is 1. The third-order valence-corrected chi connectivity index (χ3v) is 3.08. The van der Waals surface area contributed by atoms with Gasteiger partial charge in [-0.25, -0.2) is 15.0 Å². The second-order valence-corrected chi connectivity index (χ2v) is 4.46. The largest absolute Gasteiger partial charge is 0.248 e. The Balaban J connectivity index is 2.37. The molecule has 84 valence electrons. The van der Waals surface area contributed by atoms with E-state index >= 15 is 0 Å². The highest BCUT2D eigenvalue weighted by Gasteiger charge is 2.09. The van der Waals surface area contributed by atoms with Crippen LogP contribution in [0.4, 0.5) is 0 Å². The monoisotopic (exact) mass is 242 g/mol. The van der Waals surface area contributed by atoms with E-state index in [0.29, 0.717) is 15.7 Å². The van der Waals surface area contributed by atoms with Gasteiger partial charge in [-0.05, 0) is 43.3 Å². The van der Waals surface area contributed by atoms with Crippen molar-refractivity contribution in [2.24, 2.45) is 0 Å². The average molecular weight is 242 g/mol. The second-order valence-electron chi connectivity index (χ2n) is 3.50. The minimum absolute atomic E-state index is 0.586. The molecule has 4 nitrogen and oxygen atoms in total. The molecule has 0 saturated carbocycles. The van der Waals surface area contributed by atoms with Gasteiger partial charge < -0.3 is 0 Å². The standard InChI is InChI=1S/C12H10N4S/c1-8-3-5-14-11(10(8)7-13)17-12-15-6-4-9(2)16-12/h3-6H,1-2H3. The summed E-state index contributed by atoms with van der Waals surface area (Å²) >= 11 is 1.31. The van der Waals surface area contributed by atoms with Crippen LogP contribution in [0, 0.1) is 25.2 Å². The molecule has 0 N–H and O–H groups in total. The van der Waals surface area contributed by atoms with E-state index in [1.165, 1.54) is 11.8 Å². The average Bonchev–Trinajstić information content (AvgIpc) is 2.29. The van der Waals surface area contributed by atoms with Crippen LogP contribution < -0.4 is 0 Å². The summed E-state index contributed by atoms with van der Waals surface area (Å²) < 4.78 is 0. The quantitative estimate of drug-likeness (QED) is 0.757. The van der Waals surface area contributed by atoms with E-state index in [1.54, 1.807) is 12.4 Å². The van der Waals surface area contributed by atoms with Crippen LogP contribution in [0.3, 0.4) is 0 Å². The number of aryl methyl sites for hydroxylation is 2. The molecule has 17 heavy (non-hydrogen) atoms. The molecule has 0 radical (unpaired) electrons. The minimum Gasteiger partial charge on any atom is -0.248 e. The van der Waals surface area contributed by atoms with E-state index in [4.69, 9.17) is 5.26 Å². The molecule has 2 aromatic rings. The van der Waals surface area contributed by atoms with Crippen molar-refractivity contribution in [1.82, 2.24) is 15.0 Å². The van der Waals surface area contributed by atoms with Gasteiger partial charge in [-0.15, -0.1) is 0 Å². The van der Waals surface area contributed by atoms with E-state index < -0.39 is 0 Å². The number of rotatable bonds is 2. The maximum absolute atomic E-state index is 9.09. The zero-order valence-corrected chi connectivity index (χ0v) is 10.3. The lowest BCUT2D eigenvalue weighted by atomic mass is 10.2. The number of hydrogen-bond donors (Lipinski definition) is 0. The fourth-order valence-corrected chi connectivity index (χ4v) is 2.21. The molecular weight excluding hydrogens is 232 g/mol. The van der Waals surface area contributed by atoms with Crippen molar-refractivity contribution in [2.75, 3.05) is 0 Å². The lowest BCUT2D eigenvalue weighted by Gasteiger charge is -2.03. The summed E-state index contributed by atoms with van der Waals surface area (Å²) in [4.78, 5) is 12.6. The molecule has 5 heteroatoms. The SMILES string of the molecule is Cc1ccnc(Sc2nccc(C)c2C#N)n1. The Labute approximate surface area is 104 Å². The van der Waals surface area contributed by atoms with Crippen molar-refractivity contribution in [3.05, 3.63) is 41.3 Å². The van der Waals surface area contributed by atoms with Crippen molar-refractivity contribution in [3.8, 4) is 6.07 Å². The predicted octanol–water partition coefficient (Wildman–Crippen LogP) is 2.51. The summed E-state index contributed by atoms with van der Waals surface area (Å²) in [6.07, 6.45) is 3.39. The molecule has 0 bridgehead atoms. The topological polar surface area (TPSA) is 62.5 Å². The maximum atomic E-state index is 9.09. The molecule has 0 aliphatic rings. The maximum Gasteiger partial charge on any atom is 0.194 e. The molecule has 0 unspecified atom stereocenters. The lowest BCUT2D eigenvalue weighted by Crippen LogP contribution is -1.93. The molecule has 2 heterocycles. The molecule has 0 spiro atoms. The van der Waals surface area contributed by atoms with Gasteiger partial charge in [-0.2, -0.15) is 5.26 Å². The van der Waals surface area contributed by atoms with Gasteiger partial charge in [0.15, 0.2) is 5.16 Å². The Kier molecular flexibility index (Phi) is 3.35. The van der Waals surface area contributed by atoms with Gasteiger partial charge in [0.1, 0.15) is 11.1 Å². The first-order chi connectivity index (χ1) is 8.20. The van der Waals surface area contributed by atoms with Crippen LogP contribution in [0.1, 0.15) is 16.8 Å². The molecule has 0 aliphatic carbocycles. The molecule has 0 amide bonds. The first kappa shape index (κ1) is 11.6. The summed E-state index contributed by atoms with van der Waals surface area (Å²) in [5.41, 5.74) is 2.40. The smallest absolute Gasteiger partial charge is 0.194 e. The van der Waals surface area contributed by atoms with Gasteiger partial charge in [0.05, 0.1) is 5.56 Å². The predicted molar refractivity (Wildman–Crippen MR) is 64.6 cm³/mol. The third kappa shape index (κ3) is 2.60. The van der Waals surface area contributed by atoms with Gasteiger partial charge in [0.25, 0.3) is 0 Å².